The van der Waals surface area contributed by atoms with Crippen LogP contribution in [-0.2, 0) is 11.4 Å². The van der Waals surface area contributed by atoms with Crippen LogP contribution in [0.5, 0.6) is 0 Å². The fraction of sp³-hybridized carbons (Fsp3) is 0.333. The maximum Gasteiger partial charge on any atom is 0.458 e. The molecule has 0 amide bonds. The topological polar surface area (TPSA) is 59.6 Å². The third-order valence-electron chi connectivity index (χ3n) is 3.73. The van der Waals surface area contributed by atoms with E-state index in [1.807, 2.05) is 6.92 Å². The maximum atomic E-state index is 14.3. The molecule has 1 atom stereocenters. The number of aromatic nitrogens is 2. The Bertz CT molecular complexity index is 800. The average Bonchev–Trinajstić information content (AvgIpc) is 3.14. The number of benzene rings is 1. The van der Waals surface area contributed by atoms with Gasteiger partial charge in [0.05, 0.1) is 18.3 Å². The molecule has 9 heteroatoms. The van der Waals surface area contributed by atoms with Gasteiger partial charge >= 0.3 is 12.0 Å². The molecule has 1 aromatic heterocycles. The molecule has 5 nitrogen and oxygen atoms in total. The van der Waals surface area contributed by atoms with Crippen LogP contribution in [0, 0.1) is 5.82 Å². The van der Waals surface area contributed by atoms with E-state index in [4.69, 9.17) is 0 Å². The lowest BCUT2D eigenvalue weighted by atomic mass is 9.99. The summed E-state index contributed by atoms with van der Waals surface area (Å²) >= 11 is 0. The van der Waals surface area contributed by atoms with Crippen LogP contribution in [0.2, 0.25) is 0 Å². The van der Waals surface area contributed by atoms with Gasteiger partial charge in [0.25, 0.3) is 0 Å². The summed E-state index contributed by atoms with van der Waals surface area (Å²) in [6.07, 6.45) is -2.73. The van der Waals surface area contributed by atoms with Crippen molar-refractivity contribution in [1.29, 1.82) is 0 Å². The maximum absolute atomic E-state index is 14.3. The van der Waals surface area contributed by atoms with Crippen molar-refractivity contribution in [2.24, 2.45) is 5.16 Å². The van der Waals surface area contributed by atoms with E-state index in [0.717, 1.165) is 6.07 Å². The minimum absolute atomic E-state index is 0.110. The third kappa shape index (κ3) is 2.75. The SMILES string of the molecule is CCn1cc(-c2ccc(C3=NOC(O)(C(F)(F)F)C3)cc2F)cn1. The molecule has 0 bridgehead atoms. The van der Waals surface area contributed by atoms with Crippen LogP contribution < -0.4 is 0 Å². The molecule has 1 N–H and O–H groups in total. The second-order valence-corrected chi connectivity index (χ2v) is 5.37. The number of oxime groups is 1. The van der Waals surface area contributed by atoms with Crippen molar-refractivity contribution >= 4 is 5.71 Å². The number of nitrogens with zero attached hydrogens (tertiary/aromatic N) is 3. The van der Waals surface area contributed by atoms with Gasteiger partial charge in [0.1, 0.15) is 5.82 Å². The molecule has 128 valence electrons. The van der Waals surface area contributed by atoms with Crippen LogP contribution in [-0.4, -0.2) is 32.6 Å². The molecule has 1 aromatic carbocycles. The Morgan fingerprint density at radius 2 is 2.08 bits per heavy atom. The number of halogens is 4. The van der Waals surface area contributed by atoms with Gasteiger partial charge < -0.3 is 9.94 Å². The van der Waals surface area contributed by atoms with Gasteiger partial charge in [-0.3, -0.25) is 4.68 Å². The normalized spacial score (nSPS) is 20.8. The highest BCUT2D eigenvalue weighted by atomic mass is 19.4. The van der Waals surface area contributed by atoms with Gasteiger partial charge in [-0.25, -0.2) is 4.39 Å². The van der Waals surface area contributed by atoms with E-state index < -0.39 is 24.2 Å². The van der Waals surface area contributed by atoms with Gasteiger partial charge in [-0.15, -0.1) is 0 Å². The fourth-order valence-electron chi connectivity index (χ4n) is 2.33. The fourth-order valence-corrected chi connectivity index (χ4v) is 2.33. The first-order chi connectivity index (χ1) is 11.2. The van der Waals surface area contributed by atoms with Crippen molar-refractivity contribution in [3.63, 3.8) is 0 Å². The summed E-state index contributed by atoms with van der Waals surface area (Å²) in [5.41, 5.74) is 0.755. The lowest BCUT2D eigenvalue weighted by Gasteiger charge is -2.22. The molecule has 0 spiro atoms. The molecular weight excluding hydrogens is 330 g/mol. The van der Waals surface area contributed by atoms with Gasteiger partial charge in [-0.1, -0.05) is 17.3 Å². The Balaban J connectivity index is 1.86. The van der Waals surface area contributed by atoms with Crippen molar-refractivity contribution in [3.8, 4) is 11.1 Å². The monoisotopic (exact) mass is 343 g/mol. The summed E-state index contributed by atoms with van der Waals surface area (Å²) in [4.78, 5) is 4.13. The molecule has 24 heavy (non-hydrogen) atoms. The van der Waals surface area contributed by atoms with E-state index in [9.17, 15) is 22.7 Å². The highest BCUT2D eigenvalue weighted by Crippen LogP contribution is 2.39. The number of aryl methyl sites for hydroxylation is 1. The molecular formula is C15H13F4N3O2. The Hall–Kier alpha value is -2.42. The minimum atomic E-state index is -4.99. The number of aliphatic hydroxyl groups is 1. The van der Waals surface area contributed by atoms with Crippen LogP contribution in [0.4, 0.5) is 17.6 Å². The quantitative estimate of drug-likeness (QED) is 0.872. The van der Waals surface area contributed by atoms with E-state index >= 15 is 0 Å². The van der Waals surface area contributed by atoms with Gasteiger partial charge in [-0.05, 0) is 13.0 Å². The van der Waals surface area contributed by atoms with E-state index in [2.05, 4.69) is 15.1 Å². The predicted molar refractivity (Wildman–Crippen MR) is 76.5 cm³/mol. The molecule has 0 fully saturated rings. The molecule has 1 aliphatic rings. The van der Waals surface area contributed by atoms with Crippen LogP contribution in [0.1, 0.15) is 18.9 Å². The third-order valence-corrected chi connectivity index (χ3v) is 3.73. The molecule has 0 saturated heterocycles. The minimum Gasteiger partial charge on any atom is -0.350 e. The summed E-state index contributed by atoms with van der Waals surface area (Å²) in [5.74, 6) is -4.01. The molecule has 2 aromatic rings. The zero-order chi connectivity index (χ0) is 17.5. The molecule has 0 radical (unpaired) electrons. The van der Waals surface area contributed by atoms with Crippen LogP contribution in [0.15, 0.2) is 35.7 Å². The van der Waals surface area contributed by atoms with Gasteiger partial charge in [0, 0.05) is 29.4 Å². The van der Waals surface area contributed by atoms with E-state index in [1.54, 1.807) is 10.9 Å². The first-order valence-electron chi connectivity index (χ1n) is 7.10. The Labute approximate surface area is 134 Å². The molecule has 0 saturated carbocycles. The van der Waals surface area contributed by atoms with Crippen molar-refractivity contribution in [3.05, 3.63) is 42.0 Å². The summed E-state index contributed by atoms with van der Waals surface area (Å²) in [5, 5.41) is 16.7. The van der Waals surface area contributed by atoms with Crippen molar-refractivity contribution in [2.45, 2.75) is 31.9 Å². The van der Waals surface area contributed by atoms with Crippen molar-refractivity contribution < 1.29 is 27.5 Å². The molecule has 1 aliphatic heterocycles. The summed E-state index contributed by atoms with van der Waals surface area (Å²) in [6.45, 7) is 2.51. The lowest BCUT2D eigenvalue weighted by molar-refractivity contribution is -0.355. The van der Waals surface area contributed by atoms with E-state index in [-0.39, 0.29) is 16.8 Å². The predicted octanol–water partition coefficient (Wildman–Crippen LogP) is 3.08. The molecule has 1 unspecified atom stereocenters. The summed E-state index contributed by atoms with van der Waals surface area (Å²) in [7, 11) is 0. The number of rotatable bonds is 3. The molecule has 0 aliphatic carbocycles. The standard InChI is InChI=1S/C15H13F4N3O2/c1-2-22-8-10(7-20-22)11-4-3-9(5-12(11)16)13-6-14(23,24-21-13)15(17,18)19/h3-5,7-8,23H,2,6H2,1H3. The van der Waals surface area contributed by atoms with Gasteiger partial charge in [-0.2, -0.15) is 18.3 Å². The summed E-state index contributed by atoms with van der Waals surface area (Å²) < 4.78 is 54.0. The van der Waals surface area contributed by atoms with Gasteiger partial charge in [0.2, 0.25) is 0 Å². The highest BCUT2D eigenvalue weighted by molar-refractivity contribution is 6.01. The number of hydrogen-bond acceptors (Lipinski definition) is 4. The van der Waals surface area contributed by atoms with Crippen molar-refractivity contribution in [2.75, 3.05) is 0 Å². The van der Waals surface area contributed by atoms with Crippen LogP contribution >= 0.6 is 0 Å². The Morgan fingerprint density at radius 1 is 1.33 bits per heavy atom. The van der Waals surface area contributed by atoms with Crippen LogP contribution in [0.3, 0.4) is 0 Å². The summed E-state index contributed by atoms with van der Waals surface area (Å²) in [6, 6.07) is 3.91. The average molecular weight is 343 g/mol. The lowest BCUT2D eigenvalue weighted by Crippen LogP contribution is -2.45. The first kappa shape index (κ1) is 16.4. The smallest absolute Gasteiger partial charge is 0.350 e. The highest BCUT2D eigenvalue weighted by Gasteiger charge is 2.60. The number of hydrogen-bond donors (Lipinski definition) is 1. The first-order valence-corrected chi connectivity index (χ1v) is 7.10. The molecule has 2 heterocycles. The number of alkyl halides is 3. The zero-order valence-electron chi connectivity index (χ0n) is 12.5. The van der Waals surface area contributed by atoms with E-state index in [0.29, 0.717) is 12.1 Å². The Kier molecular flexibility index (Phi) is 3.83. The zero-order valence-corrected chi connectivity index (χ0v) is 12.5. The largest absolute Gasteiger partial charge is 0.458 e. The second-order valence-electron chi connectivity index (χ2n) is 5.37. The molecule has 3 rings (SSSR count). The second kappa shape index (κ2) is 5.59. The van der Waals surface area contributed by atoms with Crippen molar-refractivity contribution in [1.82, 2.24) is 9.78 Å². The Morgan fingerprint density at radius 3 is 2.62 bits per heavy atom. The van der Waals surface area contributed by atoms with Crippen LogP contribution in [0.25, 0.3) is 11.1 Å². The van der Waals surface area contributed by atoms with E-state index in [1.165, 1.54) is 18.3 Å². The van der Waals surface area contributed by atoms with Gasteiger partial charge in [0.15, 0.2) is 0 Å².